The molecule has 1 unspecified atom stereocenters. The first-order chi connectivity index (χ1) is 16.9. The molecule has 3 aromatic rings. The van der Waals surface area contributed by atoms with Crippen LogP contribution < -0.4 is 5.32 Å². The summed E-state index contributed by atoms with van der Waals surface area (Å²) in [7, 11) is 0. The molecule has 35 heavy (non-hydrogen) atoms. The van der Waals surface area contributed by atoms with Crippen molar-refractivity contribution in [3.05, 3.63) is 87.6 Å². The zero-order valence-corrected chi connectivity index (χ0v) is 22.1. The molecular weight excluding hydrogens is 454 g/mol. The first kappa shape index (κ1) is 26.5. The van der Waals surface area contributed by atoms with Gasteiger partial charge in [-0.25, -0.2) is 4.79 Å². The Hall–Kier alpha value is -3.12. The van der Waals surface area contributed by atoms with Crippen LogP contribution in [-0.4, -0.2) is 34.8 Å². The third-order valence-corrected chi connectivity index (χ3v) is 7.15. The molecule has 3 rings (SSSR count). The van der Waals surface area contributed by atoms with E-state index in [0.29, 0.717) is 25.6 Å². The largest absolute Gasteiger partial charge is 0.332 e. The molecule has 2 aromatic carbocycles. The van der Waals surface area contributed by atoms with Crippen molar-refractivity contribution >= 4 is 29.0 Å². The molecule has 0 fully saturated rings. The summed E-state index contributed by atoms with van der Waals surface area (Å²) in [6.07, 6.45) is 1.88. The number of aryl methyl sites for hydroxylation is 2. The normalized spacial score (nSPS) is 11.7. The van der Waals surface area contributed by atoms with Crippen LogP contribution in [0.4, 0.5) is 10.5 Å². The summed E-state index contributed by atoms with van der Waals surface area (Å²) in [5, 5.41) is 2.99. The number of rotatable bonds is 11. The van der Waals surface area contributed by atoms with Crippen molar-refractivity contribution in [3.63, 3.8) is 0 Å². The lowest BCUT2D eigenvalue weighted by Crippen LogP contribution is -2.45. The van der Waals surface area contributed by atoms with Crippen molar-refractivity contribution in [1.29, 1.82) is 0 Å². The van der Waals surface area contributed by atoms with Crippen molar-refractivity contribution in [1.82, 2.24) is 9.80 Å². The van der Waals surface area contributed by atoms with Crippen LogP contribution in [0.15, 0.2) is 66.7 Å². The summed E-state index contributed by atoms with van der Waals surface area (Å²) < 4.78 is 0. The summed E-state index contributed by atoms with van der Waals surface area (Å²) in [4.78, 5) is 32.7. The Labute approximate surface area is 213 Å². The number of carbonyl (C=O) groups is 2. The van der Waals surface area contributed by atoms with Gasteiger partial charge in [-0.3, -0.25) is 4.79 Å². The smallest absolute Gasteiger partial charge is 0.322 e. The molecule has 186 valence electrons. The Balaban J connectivity index is 1.77. The number of urea groups is 1. The van der Waals surface area contributed by atoms with Gasteiger partial charge in [0.1, 0.15) is 6.54 Å². The maximum absolute atomic E-state index is 13.6. The molecule has 6 heteroatoms. The van der Waals surface area contributed by atoms with Gasteiger partial charge in [0, 0.05) is 28.5 Å². The van der Waals surface area contributed by atoms with Crippen LogP contribution >= 0.6 is 11.3 Å². The fourth-order valence-electron chi connectivity index (χ4n) is 3.81. The van der Waals surface area contributed by atoms with E-state index in [1.807, 2.05) is 59.5 Å². The van der Waals surface area contributed by atoms with Gasteiger partial charge >= 0.3 is 6.03 Å². The second-order valence-electron chi connectivity index (χ2n) is 9.12. The maximum Gasteiger partial charge on any atom is 0.322 e. The van der Waals surface area contributed by atoms with Crippen LogP contribution in [0.25, 0.3) is 0 Å². The first-order valence-electron chi connectivity index (χ1n) is 12.4. The van der Waals surface area contributed by atoms with E-state index < -0.39 is 0 Å². The van der Waals surface area contributed by atoms with Crippen molar-refractivity contribution in [2.75, 3.05) is 18.4 Å². The molecule has 1 heterocycles. The fourth-order valence-corrected chi connectivity index (χ4v) is 4.71. The van der Waals surface area contributed by atoms with Crippen LogP contribution in [-0.2, 0) is 24.3 Å². The van der Waals surface area contributed by atoms with E-state index in [-0.39, 0.29) is 18.5 Å². The highest BCUT2D eigenvalue weighted by Crippen LogP contribution is 2.19. The van der Waals surface area contributed by atoms with Gasteiger partial charge in [-0.2, -0.15) is 0 Å². The topological polar surface area (TPSA) is 52.7 Å². The van der Waals surface area contributed by atoms with E-state index in [9.17, 15) is 9.59 Å². The highest BCUT2D eigenvalue weighted by atomic mass is 32.1. The molecule has 1 aromatic heterocycles. The number of amides is 3. The van der Waals surface area contributed by atoms with Gasteiger partial charge < -0.3 is 15.1 Å². The minimum absolute atomic E-state index is 0.0421. The molecule has 0 saturated heterocycles. The number of benzene rings is 2. The highest BCUT2D eigenvalue weighted by Gasteiger charge is 2.23. The van der Waals surface area contributed by atoms with Gasteiger partial charge in [0.05, 0.1) is 6.54 Å². The third kappa shape index (κ3) is 8.25. The summed E-state index contributed by atoms with van der Waals surface area (Å²) in [5.41, 5.74) is 3.03. The average molecular weight is 492 g/mol. The Morgan fingerprint density at radius 3 is 2.20 bits per heavy atom. The molecule has 0 spiro atoms. The van der Waals surface area contributed by atoms with Crippen LogP contribution in [0, 0.1) is 12.8 Å². The second-order valence-corrected chi connectivity index (χ2v) is 10.5. The van der Waals surface area contributed by atoms with Gasteiger partial charge in [-0.15, -0.1) is 11.3 Å². The lowest BCUT2D eigenvalue weighted by Gasteiger charge is -2.29. The molecule has 3 amide bonds. The SMILES string of the molecule is CCc1ccc(NC(=O)N(CC(=O)N(Cc2ccccc2)Cc2ccc(C)s2)CC(C)CC)cc1. The second kappa shape index (κ2) is 13.1. The minimum atomic E-state index is -0.241. The molecule has 0 saturated carbocycles. The Morgan fingerprint density at radius 2 is 1.60 bits per heavy atom. The zero-order valence-electron chi connectivity index (χ0n) is 21.3. The monoisotopic (exact) mass is 491 g/mol. The molecule has 1 N–H and O–H groups in total. The molecule has 0 aliphatic carbocycles. The fraction of sp³-hybridized carbons (Fsp3) is 0.379. The number of hydrogen-bond donors (Lipinski definition) is 1. The zero-order chi connectivity index (χ0) is 25.2. The number of carbonyl (C=O) groups excluding carboxylic acids is 2. The lowest BCUT2D eigenvalue weighted by atomic mass is 10.1. The maximum atomic E-state index is 13.6. The first-order valence-corrected chi connectivity index (χ1v) is 13.2. The number of nitrogens with one attached hydrogen (secondary N) is 1. The average Bonchev–Trinajstić information content (AvgIpc) is 3.28. The molecular formula is C29H37N3O2S. The predicted molar refractivity (Wildman–Crippen MR) is 146 cm³/mol. The van der Waals surface area contributed by atoms with Crippen molar-refractivity contribution in [3.8, 4) is 0 Å². The highest BCUT2D eigenvalue weighted by molar-refractivity contribution is 7.11. The van der Waals surface area contributed by atoms with Crippen LogP contribution in [0.5, 0.6) is 0 Å². The summed E-state index contributed by atoms with van der Waals surface area (Å²) >= 11 is 1.70. The third-order valence-electron chi connectivity index (χ3n) is 6.17. The molecule has 0 aliphatic rings. The van der Waals surface area contributed by atoms with Crippen molar-refractivity contribution in [2.24, 2.45) is 5.92 Å². The molecule has 5 nitrogen and oxygen atoms in total. The van der Waals surface area contributed by atoms with Crippen LogP contribution in [0.3, 0.4) is 0 Å². The molecule has 0 radical (unpaired) electrons. The number of nitrogens with zero attached hydrogens (tertiary/aromatic N) is 2. The Morgan fingerprint density at radius 1 is 0.886 bits per heavy atom. The quantitative estimate of drug-likeness (QED) is 0.323. The van der Waals surface area contributed by atoms with E-state index in [1.165, 1.54) is 10.4 Å². The van der Waals surface area contributed by atoms with E-state index in [4.69, 9.17) is 0 Å². The summed E-state index contributed by atoms with van der Waals surface area (Å²) in [5.74, 6) is 0.234. The van der Waals surface area contributed by atoms with Gasteiger partial charge in [0.15, 0.2) is 0 Å². The van der Waals surface area contributed by atoms with Gasteiger partial charge in [-0.1, -0.05) is 69.7 Å². The molecule has 1 atom stereocenters. The van der Waals surface area contributed by atoms with Crippen LogP contribution in [0.1, 0.15) is 48.1 Å². The summed E-state index contributed by atoms with van der Waals surface area (Å²) in [6.45, 7) is 9.99. The number of thiophene rings is 1. The number of anilines is 1. The van der Waals surface area contributed by atoms with Crippen molar-refractivity contribution < 1.29 is 9.59 Å². The van der Waals surface area contributed by atoms with Gasteiger partial charge in [0.2, 0.25) is 5.91 Å². The Kier molecular flexibility index (Phi) is 9.91. The Bertz CT molecular complexity index is 1080. The number of hydrogen-bond acceptors (Lipinski definition) is 3. The molecule has 0 aliphatic heterocycles. The minimum Gasteiger partial charge on any atom is -0.332 e. The van der Waals surface area contributed by atoms with Crippen molar-refractivity contribution in [2.45, 2.75) is 53.6 Å². The van der Waals surface area contributed by atoms with E-state index >= 15 is 0 Å². The van der Waals surface area contributed by atoms with Gasteiger partial charge in [0.25, 0.3) is 0 Å². The standard InChI is InChI=1S/C29H37N3O2S/c1-5-22(3)18-32(29(34)30-26-15-13-24(6-2)14-16-26)21-28(33)31(19-25-10-8-7-9-11-25)20-27-17-12-23(4)35-27/h7-17,22H,5-6,18-21H2,1-4H3,(H,30,34). The molecule has 0 bridgehead atoms. The van der Waals surface area contributed by atoms with E-state index in [1.54, 1.807) is 16.2 Å². The van der Waals surface area contributed by atoms with E-state index in [0.717, 1.165) is 29.0 Å². The van der Waals surface area contributed by atoms with Gasteiger partial charge in [-0.05, 0) is 54.7 Å². The van der Waals surface area contributed by atoms with E-state index in [2.05, 4.69) is 45.1 Å². The lowest BCUT2D eigenvalue weighted by molar-refractivity contribution is -0.133. The predicted octanol–water partition coefficient (Wildman–Crippen LogP) is 6.73. The summed E-state index contributed by atoms with van der Waals surface area (Å²) in [6, 6.07) is 21.8. The van der Waals surface area contributed by atoms with Crippen LogP contribution in [0.2, 0.25) is 0 Å².